The Kier molecular flexibility index (Phi) is 3.38. The summed E-state index contributed by atoms with van der Waals surface area (Å²) in [6, 6.07) is 6.49. The van der Waals surface area contributed by atoms with Gasteiger partial charge in [0.05, 0.1) is 5.56 Å². The molecule has 0 radical (unpaired) electrons. The molecular formula is C12H10N2O3S. The minimum absolute atomic E-state index is 0.0989. The van der Waals surface area contributed by atoms with Crippen molar-refractivity contribution in [2.24, 2.45) is 0 Å². The van der Waals surface area contributed by atoms with Crippen molar-refractivity contribution >= 4 is 28.2 Å². The summed E-state index contributed by atoms with van der Waals surface area (Å²) in [5.74, 6) is -1.48. The standard InChI is InChI=1S/C12H10N2O3S/c1-7-6-8(12(16)17)11(18-7)14-10(15)9-4-2-3-5-13-9/h2-6H,1H3,(H,14,15)(H,16,17). The minimum atomic E-state index is -1.06. The van der Waals surface area contributed by atoms with E-state index in [1.165, 1.54) is 23.6 Å². The number of hydrogen-bond donors (Lipinski definition) is 2. The molecule has 0 saturated carbocycles. The Hall–Kier alpha value is -2.21. The second-order valence-electron chi connectivity index (χ2n) is 3.57. The van der Waals surface area contributed by atoms with Crippen LogP contribution in [0.25, 0.3) is 0 Å². The average Bonchev–Trinajstić information content (AvgIpc) is 2.71. The van der Waals surface area contributed by atoms with Gasteiger partial charge in [-0.05, 0) is 25.1 Å². The molecule has 1 amide bonds. The fraction of sp³-hybridized carbons (Fsp3) is 0.0833. The zero-order valence-corrected chi connectivity index (χ0v) is 10.3. The Morgan fingerprint density at radius 3 is 2.78 bits per heavy atom. The summed E-state index contributed by atoms with van der Waals surface area (Å²) in [4.78, 5) is 27.6. The molecule has 0 aromatic carbocycles. The van der Waals surface area contributed by atoms with E-state index in [2.05, 4.69) is 10.3 Å². The molecule has 0 atom stereocenters. The number of amides is 1. The minimum Gasteiger partial charge on any atom is -0.478 e. The van der Waals surface area contributed by atoms with E-state index in [4.69, 9.17) is 5.11 Å². The van der Waals surface area contributed by atoms with E-state index in [-0.39, 0.29) is 11.3 Å². The van der Waals surface area contributed by atoms with Crippen LogP contribution in [0, 0.1) is 6.92 Å². The number of carbonyl (C=O) groups is 2. The van der Waals surface area contributed by atoms with Gasteiger partial charge < -0.3 is 10.4 Å². The Bertz CT molecular complexity index is 593. The number of carbonyl (C=O) groups excluding carboxylic acids is 1. The molecule has 5 nitrogen and oxygen atoms in total. The summed E-state index contributed by atoms with van der Waals surface area (Å²) >= 11 is 1.23. The molecule has 2 rings (SSSR count). The van der Waals surface area contributed by atoms with Crippen LogP contribution in [-0.2, 0) is 0 Å². The van der Waals surface area contributed by atoms with E-state index in [0.29, 0.717) is 5.00 Å². The summed E-state index contributed by atoms with van der Waals surface area (Å²) in [7, 11) is 0. The number of carboxylic acid groups (broad SMARTS) is 1. The number of carboxylic acids is 1. The van der Waals surface area contributed by atoms with Crippen LogP contribution in [0.5, 0.6) is 0 Å². The molecule has 0 aliphatic heterocycles. The molecular weight excluding hydrogens is 252 g/mol. The van der Waals surface area contributed by atoms with Crippen LogP contribution in [-0.4, -0.2) is 22.0 Å². The first-order valence-corrected chi connectivity index (χ1v) is 5.95. The largest absolute Gasteiger partial charge is 0.478 e. The number of anilines is 1. The fourth-order valence-electron chi connectivity index (χ4n) is 1.43. The maximum Gasteiger partial charge on any atom is 0.338 e. The van der Waals surface area contributed by atoms with Crippen molar-refractivity contribution in [3.05, 3.63) is 46.6 Å². The topological polar surface area (TPSA) is 79.3 Å². The summed E-state index contributed by atoms with van der Waals surface area (Å²) in [6.07, 6.45) is 1.51. The lowest BCUT2D eigenvalue weighted by atomic mass is 10.3. The lowest BCUT2D eigenvalue weighted by molar-refractivity contribution is 0.0698. The van der Waals surface area contributed by atoms with E-state index >= 15 is 0 Å². The van der Waals surface area contributed by atoms with Gasteiger partial charge in [0, 0.05) is 11.1 Å². The number of aromatic carboxylic acids is 1. The lowest BCUT2D eigenvalue weighted by Gasteiger charge is -2.02. The highest BCUT2D eigenvalue weighted by molar-refractivity contribution is 7.16. The van der Waals surface area contributed by atoms with Crippen LogP contribution in [0.3, 0.4) is 0 Å². The predicted molar refractivity (Wildman–Crippen MR) is 68.2 cm³/mol. The van der Waals surface area contributed by atoms with Crippen molar-refractivity contribution in [2.75, 3.05) is 5.32 Å². The van der Waals surface area contributed by atoms with Crippen molar-refractivity contribution in [2.45, 2.75) is 6.92 Å². The Labute approximate surface area is 107 Å². The maximum atomic E-state index is 11.8. The first-order valence-electron chi connectivity index (χ1n) is 5.14. The smallest absolute Gasteiger partial charge is 0.338 e. The monoisotopic (exact) mass is 262 g/mol. The molecule has 2 aromatic heterocycles. The average molecular weight is 262 g/mol. The van der Waals surface area contributed by atoms with Gasteiger partial charge in [0.2, 0.25) is 0 Å². The molecule has 0 saturated heterocycles. The zero-order chi connectivity index (χ0) is 13.1. The first-order chi connectivity index (χ1) is 8.58. The molecule has 0 aliphatic rings. The van der Waals surface area contributed by atoms with Gasteiger partial charge in [0.1, 0.15) is 10.7 Å². The number of aryl methyl sites for hydroxylation is 1. The lowest BCUT2D eigenvalue weighted by Crippen LogP contribution is -2.14. The van der Waals surface area contributed by atoms with Crippen molar-refractivity contribution in [3.8, 4) is 0 Å². The molecule has 0 aliphatic carbocycles. The van der Waals surface area contributed by atoms with Gasteiger partial charge in [-0.2, -0.15) is 0 Å². The molecule has 92 valence electrons. The van der Waals surface area contributed by atoms with Crippen LogP contribution >= 0.6 is 11.3 Å². The fourth-order valence-corrected chi connectivity index (χ4v) is 2.33. The SMILES string of the molecule is Cc1cc(C(=O)O)c(NC(=O)c2ccccn2)s1. The van der Waals surface area contributed by atoms with Gasteiger partial charge >= 0.3 is 5.97 Å². The Morgan fingerprint density at radius 2 is 2.17 bits per heavy atom. The number of rotatable bonds is 3. The van der Waals surface area contributed by atoms with E-state index in [0.717, 1.165) is 4.88 Å². The molecule has 18 heavy (non-hydrogen) atoms. The van der Waals surface area contributed by atoms with E-state index < -0.39 is 11.9 Å². The van der Waals surface area contributed by atoms with Gasteiger partial charge in [-0.1, -0.05) is 6.07 Å². The molecule has 0 spiro atoms. The number of nitrogens with zero attached hydrogens (tertiary/aromatic N) is 1. The molecule has 2 N–H and O–H groups in total. The molecule has 0 bridgehead atoms. The predicted octanol–water partition coefficient (Wildman–Crippen LogP) is 2.40. The van der Waals surface area contributed by atoms with Crippen molar-refractivity contribution in [3.63, 3.8) is 0 Å². The van der Waals surface area contributed by atoms with Gasteiger partial charge in [-0.25, -0.2) is 4.79 Å². The third-order valence-corrected chi connectivity index (χ3v) is 3.18. The highest BCUT2D eigenvalue weighted by Gasteiger charge is 2.16. The molecule has 6 heteroatoms. The number of thiophene rings is 1. The van der Waals surface area contributed by atoms with Crippen LogP contribution in [0.4, 0.5) is 5.00 Å². The van der Waals surface area contributed by atoms with Crippen molar-refractivity contribution in [1.29, 1.82) is 0 Å². The van der Waals surface area contributed by atoms with Gasteiger partial charge in [0.15, 0.2) is 0 Å². The highest BCUT2D eigenvalue weighted by atomic mass is 32.1. The first kappa shape index (κ1) is 12.3. The van der Waals surface area contributed by atoms with Crippen LogP contribution in [0.1, 0.15) is 25.7 Å². The summed E-state index contributed by atoms with van der Waals surface area (Å²) in [6.45, 7) is 1.79. The zero-order valence-electron chi connectivity index (χ0n) is 9.51. The van der Waals surface area contributed by atoms with Crippen molar-refractivity contribution < 1.29 is 14.7 Å². The molecule has 0 fully saturated rings. The number of nitrogens with one attached hydrogen (secondary N) is 1. The van der Waals surface area contributed by atoms with Crippen molar-refractivity contribution in [1.82, 2.24) is 4.98 Å². The molecule has 0 unspecified atom stereocenters. The van der Waals surface area contributed by atoms with Gasteiger partial charge in [-0.15, -0.1) is 11.3 Å². The number of aromatic nitrogens is 1. The third kappa shape index (κ3) is 2.54. The van der Waals surface area contributed by atoms with E-state index in [1.807, 2.05) is 0 Å². The third-order valence-electron chi connectivity index (χ3n) is 2.21. The Morgan fingerprint density at radius 1 is 1.39 bits per heavy atom. The quantitative estimate of drug-likeness (QED) is 0.890. The summed E-state index contributed by atoms with van der Waals surface area (Å²) in [5, 5.41) is 11.9. The summed E-state index contributed by atoms with van der Waals surface area (Å²) in [5.41, 5.74) is 0.349. The molecule has 2 aromatic rings. The van der Waals surface area contributed by atoms with Gasteiger partial charge in [0.25, 0.3) is 5.91 Å². The number of hydrogen-bond acceptors (Lipinski definition) is 4. The van der Waals surface area contributed by atoms with Crippen LogP contribution < -0.4 is 5.32 Å². The maximum absolute atomic E-state index is 11.8. The van der Waals surface area contributed by atoms with E-state index in [1.54, 1.807) is 25.1 Å². The highest BCUT2D eigenvalue weighted by Crippen LogP contribution is 2.27. The number of pyridine rings is 1. The van der Waals surface area contributed by atoms with Crippen LogP contribution in [0.2, 0.25) is 0 Å². The second kappa shape index (κ2) is 4.97. The molecule has 2 heterocycles. The van der Waals surface area contributed by atoms with Gasteiger partial charge in [-0.3, -0.25) is 9.78 Å². The second-order valence-corrected chi connectivity index (χ2v) is 4.83. The normalized spacial score (nSPS) is 10.1. The van der Waals surface area contributed by atoms with E-state index in [9.17, 15) is 9.59 Å². The Balaban J connectivity index is 2.25. The van der Waals surface area contributed by atoms with Crippen LogP contribution in [0.15, 0.2) is 30.5 Å². The summed E-state index contributed by atoms with van der Waals surface area (Å²) < 4.78 is 0.